The van der Waals surface area contributed by atoms with Crippen molar-refractivity contribution >= 4 is 28.8 Å². The van der Waals surface area contributed by atoms with Crippen molar-refractivity contribution in [3.05, 3.63) is 65.3 Å². The Kier molecular flexibility index (Phi) is 4.18. The Labute approximate surface area is 121 Å². The molecule has 0 amide bonds. The summed E-state index contributed by atoms with van der Waals surface area (Å²) in [7, 11) is 0. The minimum absolute atomic E-state index is 0.0724. The first-order chi connectivity index (χ1) is 9.97. The molecule has 0 radical (unpaired) electrons. The van der Waals surface area contributed by atoms with E-state index in [9.17, 15) is 19.8 Å². The second-order valence-electron chi connectivity index (χ2n) is 4.60. The van der Waals surface area contributed by atoms with Crippen molar-refractivity contribution in [2.45, 2.75) is 6.92 Å². The minimum Gasteiger partial charge on any atom is -0.545 e. The Hall–Kier alpha value is -2.88. The summed E-state index contributed by atoms with van der Waals surface area (Å²) in [5.41, 5.74) is 0.539. The molecule has 0 atom stereocenters. The van der Waals surface area contributed by atoms with Gasteiger partial charge in [0, 0.05) is 5.57 Å². The van der Waals surface area contributed by atoms with E-state index in [1.54, 1.807) is 6.07 Å². The number of rotatable bonds is 4. The van der Waals surface area contributed by atoms with E-state index in [-0.39, 0.29) is 11.1 Å². The quantitative estimate of drug-likeness (QED) is 0.609. The van der Waals surface area contributed by atoms with Crippen LogP contribution in [0, 0.1) is 0 Å². The van der Waals surface area contributed by atoms with Gasteiger partial charge in [-0.25, -0.2) is 0 Å². The van der Waals surface area contributed by atoms with Crippen LogP contribution in [0.1, 0.15) is 12.5 Å². The highest BCUT2D eigenvalue weighted by Gasteiger charge is 2.03. The third-order valence-electron chi connectivity index (χ3n) is 3.06. The number of aliphatic carboxylic acids is 2. The molecular weight excluding hydrogens is 268 g/mol. The Morgan fingerprint density at radius 1 is 1.00 bits per heavy atom. The lowest BCUT2D eigenvalue weighted by Crippen LogP contribution is -2.26. The summed E-state index contributed by atoms with van der Waals surface area (Å²) >= 11 is 0. The molecule has 0 fully saturated rings. The average molecular weight is 280 g/mol. The Balaban J connectivity index is 2.49. The molecule has 2 aromatic rings. The van der Waals surface area contributed by atoms with Crippen molar-refractivity contribution in [3.63, 3.8) is 0 Å². The molecule has 21 heavy (non-hydrogen) atoms. The van der Waals surface area contributed by atoms with Gasteiger partial charge in [-0.05, 0) is 47.1 Å². The lowest BCUT2D eigenvalue weighted by molar-refractivity contribution is -0.298. The van der Waals surface area contributed by atoms with Crippen molar-refractivity contribution in [2.24, 2.45) is 0 Å². The second kappa shape index (κ2) is 6.05. The predicted molar refractivity (Wildman–Crippen MR) is 75.7 cm³/mol. The van der Waals surface area contributed by atoms with E-state index in [0.717, 1.165) is 16.8 Å². The lowest BCUT2D eigenvalue weighted by Gasteiger charge is -2.10. The number of carboxylic acid groups (broad SMARTS) is 2. The Morgan fingerprint density at radius 2 is 1.67 bits per heavy atom. The van der Waals surface area contributed by atoms with Gasteiger partial charge in [-0.3, -0.25) is 0 Å². The lowest BCUT2D eigenvalue weighted by atomic mass is 10.0. The molecule has 0 unspecified atom stereocenters. The maximum absolute atomic E-state index is 11.2. The Morgan fingerprint density at radius 3 is 2.29 bits per heavy atom. The zero-order valence-corrected chi connectivity index (χ0v) is 11.3. The molecule has 0 spiro atoms. The number of hydrogen-bond donors (Lipinski definition) is 0. The first-order valence-corrected chi connectivity index (χ1v) is 6.29. The maximum atomic E-state index is 11.2. The number of hydrogen-bond acceptors (Lipinski definition) is 4. The molecule has 0 saturated carbocycles. The van der Waals surface area contributed by atoms with Gasteiger partial charge in [-0.2, -0.15) is 0 Å². The van der Waals surface area contributed by atoms with E-state index in [2.05, 4.69) is 0 Å². The molecule has 4 heteroatoms. The van der Waals surface area contributed by atoms with Gasteiger partial charge in [0.1, 0.15) is 0 Å². The van der Waals surface area contributed by atoms with E-state index < -0.39 is 11.9 Å². The monoisotopic (exact) mass is 280 g/mol. The topological polar surface area (TPSA) is 80.3 Å². The van der Waals surface area contributed by atoms with Crippen LogP contribution in [-0.2, 0) is 9.59 Å². The molecule has 106 valence electrons. The zero-order chi connectivity index (χ0) is 15.4. The van der Waals surface area contributed by atoms with Crippen molar-refractivity contribution in [1.82, 2.24) is 0 Å². The van der Waals surface area contributed by atoms with Crippen LogP contribution in [-0.4, -0.2) is 11.9 Å². The third kappa shape index (κ3) is 3.57. The molecule has 0 heterocycles. The minimum atomic E-state index is -1.45. The van der Waals surface area contributed by atoms with Gasteiger partial charge in [-0.15, -0.1) is 0 Å². The fraction of sp³-hybridized carbons (Fsp3) is 0.0588. The number of carbonyl (C=O) groups excluding carboxylic acids is 2. The highest BCUT2D eigenvalue weighted by Crippen LogP contribution is 2.19. The van der Waals surface area contributed by atoms with Crippen LogP contribution < -0.4 is 10.2 Å². The van der Waals surface area contributed by atoms with Gasteiger partial charge in [0.15, 0.2) is 0 Å². The van der Waals surface area contributed by atoms with E-state index >= 15 is 0 Å². The van der Waals surface area contributed by atoms with Gasteiger partial charge >= 0.3 is 0 Å². The largest absolute Gasteiger partial charge is 0.545 e. The number of carbonyl (C=O) groups is 2. The van der Waals surface area contributed by atoms with Crippen molar-refractivity contribution in [3.8, 4) is 0 Å². The Bertz CT molecular complexity index is 769. The molecule has 2 aromatic carbocycles. The molecule has 0 aliphatic rings. The van der Waals surface area contributed by atoms with Crippen LogP contribution >= 0.6 is 0 Å². The summed E-state index contributed by atoms with van der Waals surface area (Å²) in [4.78, 5) is 21.7. The van der Waals surface area contributed by atoms with Crippen molar-refractivity contribution in [2.75, 3.05) is 0 Å². The average Bonchev–Trinajstić information content (AvgIpc) is 2.43. The van der Waals surface area contributed by atoms with Crippen LogP contribution in [0.4, 0.5) is 0 Å². The van der Waals surface area contributed by atoms with Crippen molar-refractivity contribution in [1.29, 1.82) is 0 Å². The summed E-state index contributed by atoms with van der Waals surface area (Å²) < 4.78 is 0. The second-order valence-corrected chi connectivity index (χ2v) is 4.60. The molecule has 0 bridgehead atoms. The summed E-state index contributed by atoms with van der Waals surface area (Å²) in [6, 6.07) is 13.1. The van der Waals surface area contributed by atoms with Crippen LogP contribution in [0.3, 0.4) is 0 Å². The van der Waals surface area contributed by atoms with Crippen LogP contribution in [0.2, 0.25) is 0 Å². The molecule has 0 saturated heterocycles. The zero-order valence-electron chi connectivity index (χ0n) is 11.3. The normalized spacial score (nSPS) is 12.4. The molecule has 0 aliphatic carbocycles. The SMILES string of the molecule is CC(=C/C(=O)[O-])/C(=C/c1ccc2ccccc2c1)C(=O)[O-]. The van der Waals surface area contributed by atoms with Gasteiger partial charge in [0.2, 0.25) is 0 Å². The first-order valence-electron chi connectivity index (χ1n) is 6.29. The number of carboxylic acids is 2. The van der Waals surface area contributed by atoms with E-state index in [1.165, 1.54) is 13.0 Å². The molecular formula is C17H12O4-2. The van der Waals surface area contributed by atoms with Gasteiger partial charge < -0.3 is 19.8 Å². The van der Waals surface area contributed by atoms with E-state index in [1.807, 2.05) is 36.4 Å². The predicted octanol–water partition coefficient (Wildman–Crippen LogP) is 0.669. The van der Waals surface area contributed by atoms with Crippen LogP contribution in [0.5, 0.6) is 0 Å². The fourth-order valence-electron chi connectivity index (χ4n) is 2.05. The van der Waals surface area contributed by atoms with Gasteiger partial charge in [0.05, 0.1) is 11.9 Å². The smallest absolute Gasteiger partial charge is 0.0718 e. The fourth-order valence-corrected chi connectivity index (χ4v) is 2.05. The molecule has 2 rings (SSSR count). The standard InChI is InChI=1S/C17H14O4/c1-11(8-16(18)19)15(17(20)21)10-12-6-7-13-4-2-3-5-14(13)9-12/h2-10H,1H3,(H,18,19)(H,20,21)/p-2/b11-8-,15-10-. The maximum Gasteiger partial charge on any atom is 0.0718 e. The highest BCUT2D eigenvalue weighted by molar-refractivity contribution is 5.98. The van der Waals surface area contributed by atoms with Crippen LogP contribution in [0.25, 0.3) is 16.8 Å². The van der Waals surface area contributed by atoms with Crippen molar-refractivity contribution < 1.29 is 19.8 Å². The van der Waals surface area contributed by atoms with Crippen LogP contribution in [0.15, 0.2) is 59.7 Å². The summed E-state index contributed by atoms with van der Waals surface area (Å²) in [6.45, 7) is 1.39. The highest BCUT2D eigenvalue weighted by atomic mass is 16.4. The molecule has 0 N–H and O–H groups in total. The number of fused-ring (bicyclic) bond motifs is 1. The van der Waals surface area contributed by atoms with Gasteiger partial charge in [-0.1, -0.05) is 36.4 Å². The van der Waals surface area contributed by atoms with Gasteiger partial charge in [0.25, 0.3) is 0 Å². The first kappa shape index (κ1) is 14.5. The summed E-state index contributed by atoms with van der Waals surface area (Å²) in [5, 5.41) is 23.7. The number of benzene rings is 2. The van der Waals surface area contributed by atoms with E-state index in [4.69, 9.17) is 0 Å². The van der Waals surface area contributed by atoms with E-state index in [0.29, 0.717) is 5.56 Å². The molecule has 0 aliphatic heterocycles. The summed E-state index contributed by atoms with van der Waals surface area (Å²) in [5.74, 6) is -2.88. The molecule has 0 aromatic heterocycles. The third-order valence-corrected chi connectivity index (χ3v) is 3.06. The summed E-state index contributed by atoms with van der Waals surface area (Å²) in [6.07, 6.45) is 2.12. The molecule has 4 nitrogen and oxygen atoms in total.